The Labute approximate surface area is 169 Å². The van der Waals surface area contributed by atoms with E-state index in [2.05, 4.69) is 10.1 Å². The van der Waals surface area contributed by atoms with Crippen molar-refractivity contribution in [2.45, 2.75) is 57.6 Å². The summed E-state index contributed by atoms with van der Waals surface area (Å²) in [4.78, 5) is 5.71. The van der Waals surface area contributed by atoms with Gasteiger partial charge in [0.05, 0.1) is 5.56 Å². The van der Waals surface area contributed by atoms with Gasteiger partial charge in [0.15, 0.2) is 5.69 Å². The van der Waals surface area contributed by atoms with E-state index in [4.69, 9.17) is 4.74 Å². The quantitative estimate of drug-likeness (QED) is 0.587. The highest BCUT2D eigenvalue weighted by atomic mass is 19.4. The van der Waals surface area contributed by atoms with Crippen LogP contribution in [0.3, 0.4) is 0 Å². The predicted molar refractivity (Wildman–Crippen MR) is 97.2 cm³/mol. The van der Waals surface area contributed by atoms with Crippen molar-refractivity contribution >= 4 is 5.82 Å². The van der Waals surface area contributed by atoms with E-state index in [1.54, 1.807) is 0 Å². The normalized spacial score (nSPS) is 16.2. The Bertz CT molecular complexity index is 823. The molecule has 0 aromatic carbocycles. The first-order valence-electron chi connectivity index (χ1n) is 9.68. The molecule has 1 aliphatic heterocycles. The molecule has 3 heterocycles. The molecule has 30 heavy (non-hydrogen) atoms. The van der Waals surface area contributed by atoms with Crippen molar-refractivity contribution in [2.75, 3.05) is 18.0 Å². The second-order valence-corrected chi connectivity index (χ2v) is 7.15. The lowest BCUT2D eigenvalue weighted by Crippen LogP contribution is -2.39. The zero-order valence-electron chi connectivity index (χ0n) is 16.3. The summed E-state index contributed by atoms with van der Waals surface area (Å²) >= 11 is 0. The van der Waals surface area contributed by atoms with Gasteiger partial charge in [-0.05, 0) is 18.6 Å². The van der Waals surface area contributed by atoms with Crippen LogP contribution in [-0.2, 0) is 18.9 Å². The van der Waals surface area contributed by atoms with Crippen molar-refractivity contribution < 1.29 is 31.1 Å². The van der Waals surface area contributed by atoms with Gasteiger partial charge in [0, 0.05) is 44.7 Å². The largest absolute Gasteiger partial charge is 0.474 e. The molecule has 3 rings (SSSR count). The lowest BCUT2D eigenvalue weighted by Gasteiger charge is -2.33. The van der Waals surface area contributed by atoms with Crippen molar-refractivity contribution in [1.29, 1.82) is 0 Å². The van der Waals surface area contributed by atoms with E-state index in [9.17, 15) is 26.3 Å². The summed E-state index contributed by atoms with van der Waals surface area (Å²) in [7, 11) is 0. The fourth-order valence-corrected chi connectivity index (χ4v) is 3.22. The number of nitrogens with zero attached hydrogens (tertiary/aromatic N) is 4. The number of ether oxygens (including phenoxy) is 1. The molecule has 2 aromatic heterocycles. The molecule has 1 saturated heterocycles. The Morgan fingerprint density at radius 1 is 1.07 bits per heavy atom. The first-order chi connectivity index (χ1) is 14.1. The second kappa shape index (κ2) is 8.73. The van der Waals surface area contributed by atoms with Crippen LogP contribution < -0.4 is 9.64 Å². The van der Waals surface area contributed by atoms with E-state index in [-0.39, 0.29) is 12.0 Å². The van der Waals surface area contributed by atoms with Crippen LogP contribution in [0.2, 0.25) is 0 Å². The Morgan fingerprint density at radius 3 is 2.30 bits per heavy atom. The fraction of sp³-hybridized carbons (Fsp3) is 0.579. The molecule has 0 N–H and O–H groups in total. The first kappa shape index (κ1) is 22.2. The number of aryl methyl sites for hydroxylation is 1. The SMILES string of the molecule is CCCCn1nc(C(F)(F)F)cc1OC1CCN(c2ccc(C(F)(F)F)cn2)CC1. The number of pyridine rings is 1. The lowest BCUT2D eigenvalue weighted by atomic mass is 10.1. The van der Waals surface area contributed by atoms with Crippen LogP contribution in [0.25, 0.3) is 0 Å². The second-order valence-electron chi connectivity index (χ2n) is 7.15. The molecular formula is C19H22F6N4O. The third-order valence-corrected chi connectivity index (χ3v) is 4.89. The zero-order valence-corrected chi connectivity index (χ0v) is 16.3. The molecule has 2 aromatic rings. The fourth-order valence-electron chi connectivity index (χ4n) is 3.22. The molecule has 0 atom stereocenters. The average Bonchev–Trinajstić information content (AvgIpc) is 3.09. The van der Waals surface area contributed by atoms with Crippen molar-refractivity contribution in [3.63, 3.8) is 0 Å². The molecule has 0 amide bonds. The Morgan fingerprint density at radius 2 is 1.77 bits per heavy atom. The number of anilines is 1. The maximum absolute atomic E-state index is 13.0. The molecule has 166 valence electrons. The van der Waals surface area contributed by atoms with Gasteiger partial charge < -0.3 is 9.64 Å². The molecule has 1 aliphatic rings. The van der Waals surface area contributed by atoms with Crippen molar-refractivity contribution in [2.24, 2.45) is 0 Å². The number of unbranched alkanes of at least 4 members (excludes halogenated alkanes) is 1. The molecule has 0 bridgehead atoms. The topological polar surface area (TPSA) is 43.2 Å². The molecule has 0 saturated carbocycles. The van der Waals surface area contributed by atoms with Gasteiger partial charge in [-0.25, -0.2) is 9.67 Å². The van der Waals surface area contributed by atoms with Gasteiger partial charge in [-0.15, -0.1) is 0 Å². The third-order valence-electron chi connectivity index (χ3n) is 4.89. The van der Waals surface area contributed by atoms with Gasteiger partial charge >= 0.3 is 12.4 Å². The van der Waals surface area contributed by atoms with E-state index < -0.39 is 23.6 Å². The molecule has 0 spiro atoms. The van der Waals surface area contributed by atoms with Crippen LogP contribution in [0.1, 0.15) is 43.9 Å². The number of rotatable bonds is 6. The van der Waals surface area contributed by atoms with Crippen molar-refractivity contribution in [3.05, 3.63) is 35.7 Å². The molecule has 0 aliphatic carbocycles. The summed E-state index contributed by atoms with van der Waals surface area (Å²) in [5.41, 5.74) is -1.80. The molecule has 1 fully saturated rings. The highest BCUT2D eigenvalue weighted by Gasteiger charge is 2.36. The van der Waals surface area contributed by atoms with Crippen LogP contribution in [0.15, 0.2) is 24.4 Å². The monoisotopic (exact) mass is 436 g/mol. The lowest BCUT2D eigenvalue weighted by molar-refractivity contribution is -0.141. The maximum atomic E-state index is 13.0. The van der Waals surface area contributed by atoms with Crippen molar-refractivity contribution in [3.8, 4) is 5.88 Å². The van der Waals surface area contributed by atoms with Gasteiger partial charge in [-0.3, -0.25) is 0 Å². The van der Waals surface area contributed by atoms with Crippen LogP contribution >= 0.6 is 0 Å². The smallest absolute Gasteiger partial charge is 0.435 e. The third kappa shape index (κ3) is 5.37. The first-order valence-corrected chi connectivity index (χ1v) is 9.68. The number of alkyl halides is 6. The van der Waals surface area contributed by atoms with Crippen LogP contribution in [-0.4, -0.2) is 34.0 Å². The van der Waals surface area contributed by atoms with Crippen LogP contribution in [0.5, 0.6) is 5.88 Å². The Kier molecular flexibility index (Phi) is 6.47. The van der Waals surface area contributed by atoms with Gasteiger partial charge in [0.1, 0.15) is 11.9 Å². The van der Waals surface area contributed by atoms with E-state index in [0.717, 1.165) is 24.8 Å². The van der Waals surface area contributed by atoms with Crippen LogP contribution in [0.4, 0.5) is 32.2 Å². The summed E-state index contributed by atoms with van der Waals surface area (Å²) in [6, 6.07) is 3.22. The molecule has 5 nitrogen and oxygen atoms in total. The minimum Gasteiger partial charge on any atom is -0.474 e. The van der Waals surface area contributed by atoms with E-state index in [1.165, 1.54) is 10.7 Å². The summed E-state index contributed by atoms with van der Waals surface area (Å²) < 4.78 is 84.1. The minimum absolute atomic E-state index is 0.0851. The highest BCUT2D eigenvalue weighted by molar-refractivity contribution is 5.40. The Balaban J connectivity index is 1.62. The predicted octanol–water partition coefficient (Wildman–Crippen LogP) is 5.16. The van der Waals surface area contributed by atoms with E-state index in [1.807, 2.05) is 11.8 Å². The van der Waals surface area contributed by atoms with E-state index in [0.29, 0.717) is 44.7 Å². The Hall–Kier alpha value is -2.46. The highest BCUT2D eigenvalue weighted by Crippen LogP contribution is 2.33. The molecule has 0 unspecified atom stereocenters. The molecular weight excluding hydrogens is 414 g/mol. The van der Waals surface area contributed by atoms with Gasteiger partial charge in [-0.2, -0.15) is 31.4 Å². The number of halogens is 6. The average molecular weight is 436 g/mol. The number of hydrogen-bond acceptors (Lipinski definition) is 4. The van der Waals surface area contributed by atoms with Gasteiger partial charge in [0.2, 0.25) is 5.88 Å². The van der Waals surface area contributed by atoms with E-state index >= 15 is 0 Å². The van der Waals surface area contributed by atoms with Crippen molar-refractivity contribution in [1.82, 2.24) is 14.8 Å². The minimum atomic E-state index is -4.55. The van der Waals surface area contributed by atoms with Gasteiger partial charge in [-0.1, -0.05) is 13.3 Å². The summed E-state index contributed by atoms with van der Waals surface area (Å²) in [5, 5.41) is 3.63. The molecule has 0 radical (unpaired) electrons. The number of aromatic nitrogens is 3. The zero-order chi connectivity index (χ0) is 21.9. The summed E-state index contributed by atoms with van der Waals surface area (Å²) in [5.74, 6) is 0.510. The molecule has 11 heteroatoms. The van der Waals surface area contributed by atoms with Crippen LogP contribution in [0, 0.1) is 0 Å². The number of piperidine rings is 1. The summed E-state index contributed by atoms with van der Waals surface area (Å²) in [6.45, 7) is 3.20. The standard InChI is InChI=1S/C19H22F6N4O/c1-2-3-8-29-17(11-15(27-29)19(23,24)25)30-14-6-9-28(10-7-14)16-5-4-13(12-26-16)18(20,21)22/h4-5,11-12,14H,2-3,6-10H2,1H3. The summed E-state index contributed by atoms with van der Waals surface area (Å²) in [6.07, 6.45) is -6.02. The van der Waals surface area contributed by atoms with Gasteiger partial charge in [0.25, 0.3) is 0 Å². The maximum Gasteiger partial charge on any atom is 0.435 e. The number of hydrogen-bond donors (Lipinski definition) is 0.